The highest BCUT2D eigenvalue weighted by molar-refractivity contribution is 7.80. The average molecular weight is 518 g/mol. The summed E-state index contributed by atoms with van der Waals surface area (Å²) in [6.45, 7) is -0.0570. The molecule has 12 heteroatoms. The largest absolute Gasteiger partial charge is 0.480 e. The van der Waals surface area contributed by atoms with Crippen molar-refractivity contribution in [3.63, 3.8) is 0 Å². The maximum atomic E-state index is 12.6. The standard InChI is InChI=1S/C24H27N3O8S/c28-19(12-11-17(22(30)31)26-24(34)35-13-15-7-3-1-4-8-15)25-18(14-36)21(29)27-20(23(32)33)16-9-5-2-6-10-16/h1-10,17-18,20,36H,11-14H2,(H,25,28)(H,26,34)(H,27,29)(H,30,31)(H,32,33)/t17-,18-,20+/m0/s1. The Morgan fingerprint density at radius 2 is 1.42 bits per heavy atom. The van der Waals surface area contributed by atoms with Gasteiger partial charge in [-0.2, -0.15) is 12.6 Å². The van der Waals surface area contributed by atoms with Gasteiger partial charge in [0.15, 0.2) is 6.04 Å². The molecule has 0 saturated carbocycles. The van der Waals surface area contributed by atoms with Crippen LogP contribution in [0.25, 0.3) is 0 Å². The number of rotatable bonds is 13. The Bertz CT molecular complexity index is 1050. The first-order valence-electron chi connectivity index (χ1n) is 10.9. The van der Waals surface area contributed by atoms with Crippen molar-refractivity contribution in [1.29, 1.82) is 0 Å². The molecule has 3 atom stereocenters. The molecule has 0 heterocycles. The summed E-state index contributed by atoms with van der Waals surface area (Å²) in [5.74, 6) is -4.23. The zero-order chi connectivity index (χ0) is 26.5. The van der Waals surface area contributed by atoms with Crippen LogP contribution in [0.1, 0.15) is 30.0 Å². The predicted molar refractivity (Wildman–Crippen MR) is 131 cm³/mol. The highest BCUT2D eigenvalue weighted by Crippen LogP contribution is 2.13. The summed E-state index contributed by atoms with van der Waals surface area (Å²) in [6.07, 6.45) is -1.57. The van der Waals surface area contributed by atoms with Crippen molar-refractivity contribution in [3.8, 4) is 0 Å². The molecule has 11 nitrogen and oxygen atoms in total. The van der Waals surface area contributed by atoms with Crippen LogP contribution in [0, 0.1) is 0 Å². The summed E-state index contributed by atoms with van der Waals surface area (Å²) in [5, 5.41) is 25.8. The number of hydrogen-bond acceptors (Lipinski definition) is 7. The summed E-state index contributed by atoms with van der Waals surface area (Å²) in [4.78, 5) is 60.0. The first-order valence-corrected chi connectivity index (χ1v) is 11.5. The van der Waals surface area contributed by atoms with Crippen LogP contribution >= 0.6 is 12.6 Å². The zero-order valence-corrected chi connectivity index (χ0v) is 20.0. The second-order valence-corrected chi connectivity index (χ2v) is 7.99. The van der Waals surface area contributed by atoms with Crippen LogP contribution < -0.4 is 16.0 Å². The van der Waals surface area contributed by atoms with E-state index in [1.807, 2.05) is 0 Å². The SMILES string of the molecule is O=C(CC[C@H](NC(=O)OCc1ccccc1)C(=O)O)N[C@@H](CS)C(=O)N[C@@H](C(=O)O)c1ccccc1. The van der Waals surface area contributed by atoms with Gasteiger partial charge < -0.3 is 30.9 Å². The van der Waals surface area contributed by atoms with E-state index in [-0.39, 0.29) is 25.2 Å². The van der Waals surface area contributed by atoms with E-state index in [9.17, 15) is 34.2 Å². The normalized spacial score (nSPS) is 12.9. The quantitative estimate of drug-likeness (QED) is 0.217. The van der Waals surface area contributed by atoms with Crippen molar-refractivity contribution in [1.82, 2.24) is 16.0 Å². The number of carbonyl (C=O) groups excluding carboxylic acids is 3. The van der Waals surface area contributed by atoms with Gasteiger partial charge >= 0.3 is 18.0 Å². The minimum Gasteiger partial charge on any atom is -0.480 e. The summed E-state index contributed by atoms with van der Waals surface area (Å²) < 4.78 is 5.00. The Kier molecular flexibility index (Phi) is 11.2. The highest BCUT2D eigenvalue weighted by Gasteiger charge is 2.28. The molecule has 2 aromatic rings. The molecular weight excluding hydrogens is 490 g/mol. The molecule has 2 aromatic carbocycles. The Morgan fingerprint density at radius 3 is 1.97 bits per heavy atom. The molecule has 0 aromatic heterocycles. The molecule has 36 heavy (non-hydrogen) atoms. The van der Waals surface area contributed by atoms with Crippen LogP contribution in [0.5, 0.6) is 0 Å². The van der Waals surface area contributed by atoms with Crippen LogP contribution in [-0.4, -0.2) is 57.9 Å². The van der Waals surface area contributed by atoms with Gasteiger partial charge in [0.05, 0.1) is 0 Å². The van der Waals surface area contributed by atoms with Crippen molar-refractivity contribution in [2.45, 2.75) is 37.6 Å². The number of alkyl carbamates (subject to hydrolysis) is 1. The molecule has 0 saturated heterocycles. The molecule has 0 aliphatic heterocycles. The van der Waals surface area contributed by atoms with E-state index in [1.54, 1.807) is 48.5 Å². The van der Waals surface area contributed by atoms with E-state index in [4.69, 9.17) is 4.74 Å². The molecular formula is C24H27N3O8S. The van der Waals surface area contributed by atoms with E-state index >= 15 is 0 Å². The third-order valence-corrected chi connectivity index (χ3v) is 5.33. The van der Waals surface area contributed by atoms with Gasteiger partial charge in [0, 0.05) is 12.2 Å². The molecule has 0 fully saturated rings. The lowest BCUT2D eigenvalue weighted by Crippen LogP contribution is -2.50. The fraction of sp³-hybridized carbons (Fsp3) is 0.292. The van der Waals surface area contributed by atoms with Crippen molar-refractivity contribution in [3.05, 3.63) is 71.8 Å². The molecule has 0 radical (unpaired) electrons. The lowest BCUT2D eigenvalue weighted by molar-refractivity contribution is -0.142. The fourth-order valence-electron chi connectivity index (χ4n) is 3.08. The van der Waals surface area contributed by atoms with Gasteiger partial charge in [-0.05, 0) is 17.5 Å². The zero-order valence-electron chi connectivity index (χ0n) is 19.1. The topological polar surface area (TPSA) is 171 Å². The van der Waals surface area contributed by atoms with Gasteiger partial charge in [-0.3, -0.25) is 9.59 Å². The van der Waals surface area contributed by atoms with Crippen molar-refractivity contribution >= 4 is 42.5 Å². The first-order chi connectivity index (χ1) is 17.2. The van der Waals surface area contributed by atoms with E-state index in [0.29, 0.717) is 11.1 Å². The number of carbonyl (C=O) groups is 5. The number of benzene rings is 2. The van der Waals surface area contributed by atoms with Crippen LogP contribution in [0.2, 0.25) is 0 Å². The number of carboxylic acid groups (broad SMARTS) is 2. The third kappa shape index (κ3) is 9.29. The average Bonchev–Trinajstić information content (AvgIpc) is 2.87. The minimum absolute atomic E-state index is 0.0570. The Hall–Kier alpha value is -4.06. The van der Waals surface area contributed by atoms with Gasteiger partial charge in [-0.15, -0.1) is 0 Å². The van der Waals surface area contributed by atoms with E-state index in [2.05, 4.69) is 28.6 Å². The van der Waals surface area contributed by atoms with Gasteiger partial charge in [0.25, 0.3) is 0 Å². The summed E-state index contributed by atoms with van der Waals surface area (Å²) >= 11 is 4.04. The van der Waals surface area contributed by atoms with Gasteiger partial charge in [-0.25, -0.2) is 14.4 Å². The maximum Gasteiger partial charge on any atom is 0.408 e. The molecule has 5 N–H and O–H groups in total. The lowest BCUT2D eigenvalue weighted by atomic mass is 10.1. The third-order valence-electron chi connectivity index (χ3n) is 4.96. The van der Waals surface area contributed by atoms with Crippen molar-refractivity contribution in [2.75, 3.05) is 5.75 Å². The molecule has 3 amide bonds. The maximum absolute atomic E-state index is 12.6. The monoisotopic (exact) mass is 517 g/mol. The van der Waals surface area contributed by atoms with Crippen molar-refractivity contribution in [2.24, 2.45) is 0 Å². The van der Waals surface area contributed by atoms with Crippen LogP contribution in [-0.2, 0) is 30.5 Å². The van der Waals surface area contributed by atoms with Crippen LogP contribution in [0.3, 0.4) is 0 Å². The number of aliphatic carboxylic acids is 2. The van der Waals surface area contributed by atoms with Gasteiger partial charge in [0.1, 0.15) is 18.7 Å². The molecule has 192 valence electrons. The Morgan fingerprint density at radius 1 is 0.806 bits per heavy atom. The number of nitrogens with one attached hydrogen (secondary N) is 3. The summed E-state index contributed by atoms with van der Waals surface area (Å²) in [7, 11) is 0. The van der Waals surface area contributed by atoms with Gasteiger partial charge in [0.2, 0.25) is 11.8 Å². The molecule has 0 bridgehead atoms. The van der Waals surface area contributed by atoms with Crippen LogP contribution in [0.15, 0.2) is 60.7 Å². The Balaban J connectivity index is 1.87. The smallest absolute Gasteiger partial charge is 0.408 e. The lowest BCUT2D eigenvalue weighted by Gasteiger charge is -2.21. The van der Waals surface area contributed by atoms with E-state index in [0.717, 1.165) is 0 Å². The van der Waals surface area contributed by atoms with E-state index in [1.165, 1.54) is 12.1 Å². The minimum atomic E-state index is -1.41. The molecule has 0 aliphatic rings. The Labute approximate surface area is 212 Å². The first kappa shape index (κ1) is 28.2. The predicted octanol–water partition coefficient (Wildman–Crippen LogP) is 1.50. The molecule has 0 unspecified atom stereocenters. The molecule has 0 aliphatic carbocycles. The molecule has 0 spiro atoms. The number of amides is 3. The number of thiol groups is 1. The number of carboxylic acids is 2. The molecule has 2 rings (SSSR count). The second-order valence-electron chi connectivity index (χ2n) is 7.63. The van der Waals surface area contributed by atoms with Crippen molar-refractivity contribution < 1.29 is 38.9 Å². The highest BCUT2D eigenvalue weighted by atomic mass is 32.1. The van der Waals surface area contributed by atoms with E-state index < -0.39 is 48.0 Å². The summed E-state index contributed by atoms with van der Waals surface area (Å²) in [5.41, 5.74) is 1.06. The number of hydrogen-bond donors (Lipinski definition) is 6. The van der Waals surface area contributed by atoms with Gasteiger partial charge in [-0.1, -0.05) is 60.7 Å². The summed E-state index contributed by atoms with van der Waals surface area (Å²) in [6, 6.07) is 12.9. The number of ether oxygens (including phenoxy) is 1. The second kappa shape index (κ2) is 14.4. The van der Waals surface area contributed by atoms with Crippen LogP contribution in [0.4, 0.5) is 4.79 Å². The fourth-order valence-corrected chi connectivity index (χ4v) is 3.33.